The summed E-state index contributed by atoms with van der Waals surface area (Å²) in [5, 5.41) is 10.8. The third-order valence-corrected chi connectivity index (χ3v) is 3.92. The molecule has 0 saturated heterocycles. The number of imidazole rings is 1. The lowest BCUT2D eigenvalue weighted by atomic mass is 10.2. The average Bonchev–Trinajstić information content (AvgIpc) is 3.34. The van der Waals surface area contributed by atoms with Crippen LogP contribution in [0.4, 0.5) is 5.69 Å². The summed E-state index contributed by atoms with van der Waals surface area (Å²) in [7, 11) is 0. The van der Waals surface area contributed by atoms with Gasteiger partial charge in [-0.15, -0.1) is 0 Å². The van der Waals surface area contributed by atoms with Crippen molar-refractivity contribution in [3.05, 3.63) is 84.7 Å². The van der Waals surface area contributed by atoms with Gasteiger partial charge in [0.15, 0.2) is 0 Å². The van der Waals surface area contributed by atoms with Crippen LogP contribution in [-0.4, -0.2) is 24.7 Å². The number of hydrogen-bond donors (Lipinski definition) is 2. The lowest BCUT2D eigenvalue weighted by Crippen LogP contribution is -2.00. The molecule has 0 fully saturated rings. The van der Waals surface area contributed by atoms with Gasteiger partial charge in [-0.2, -0.15) is 5.10 Å². The minimum absolute atomic E-state index is 0.681. The van der Waals surface area contributed by atoms with E-state index in [4.69, 9.17) is 0 Å². The molecular weight excluding hydrogens is 312 g/mol. The van der Waals surface area contributed by atoms with Gasteiger partial charge in [0.1, 0.15) is 5.69 Å². The Morgan fingerprint density at radius 2 is 1.92 bits per heavy atom. The summed E-state index contributed by atoms with van der Waals surface area (Å²) in [4.78, 5) is 8.37. The van der Waals surface area contributed by atoms with Gasteiger partial charge in [0.05, 0.1) is 24.3 Å². The van der Waals surface area contributed by atoms with Crippen LogP contribution < -0.4 is 5.32 Å². The van der Waals surface area contributed by atoms with Crippen molar-refractivity contribution in [2.45, 2.75) is 13.1 Å². The molecule has 2 N–H and O–H groups in total. The van der Waals surface area contributed by atoms with Crippen LogP contribution in [0.1, 0.15) is 11.3 Å². The van der Waals surface area contributed by atoms with E-state index in [2.05, 4.69) is 49.7 Å². The molecule has 4 rings (SSSR count). The predicted molar refractivity (Wildman–Crippen MR) is 96.9 cm³/mol. The minimum atomic E-state index is 0.681. The molecule has 3 heterocycles. The van der Waals surface area contributed by atoms with Crippen molar-refractivity contribution in [2.75, 3.05) is 5.32 Å². The molecule has 0 aliphatic heterocycles. The molecule has 0 saturated carbocycles. The SMILES string of the molecule is c1ccc(-c2cc(CNc3ccc(Cn4ccnc4)cc3)[nH]n2)nc1. The molecule has 0 spiro atoms. The summed E-state index contributed by atoms with van der Waals surface area (Å²) in [6.07, 6.45) is 7.35. The highest BCUT2D eigenvalue weighted by atomic mass is 15.1. The number of anilines is 1. The summed E-state index contributed by atoms with van der Waals surface area (Å²) in [5.74, 6) is 0. The number of nitrogens with zero attached hydrogens (tertiary/aromatic N) is 4. The standard InChI is InChI=1S/C19H18N6/c1-2-8-21-18(3-1)19-11-17(23-24-19)12-22-16-6-4-15(5-7-16)13-25-10-9-20-14-25/h1-11,14,22H,12-13H2,(H,23,24). The molecule has 0 aliphatic carbocycles. The molecule has 0 unspecified atom stereocenters. The Kier molecular flexibility index (Phi) is 4.24. The van der Waals surface area contributed by atoms with Crippen molar-refractivity contribution in [3.63, 3.8) is 0 Å². The number of pyridine rings is 1. The molecule has 1 aromatic carbocycles. The Morgan fingerprint density at radius 1 is 1.00 bits per heavy atom. The number of H-pyrrole nitrogens is 1. The summed E-state index contributed by atoms with van der Waals surface area (Å²) in [6.45, 7) is 1.51. The van der Waals surface area contributed by atoms with E-state index in [0.717, 1.165) is 29.3 Å². The third-order valence-electron chi connectivity index (χ3n) is 3.92. The van der Waals surface area contributed by atoms with E-state index in [1.807, 2.05) is 41.4 Å². The maximum absolute atomic E-state index is 4.32. The maximum atomic E-state index is 4.32. The van der Waals surface area contributed by atoms with E-state index in [9.17, 15) is 0 Å². The smallest absolute Gasteiger partial charge is 0.111 e. The molecule has 6 heteroatoms. The first-order valence-corrected chi connectivity index (χ1v) is 8.11. The van der Waals surface area contributed by atoms with Crippen LogP contribution in [-0.2, 0) is 13.1 Å². The maximum Gasteiger partial charge on any atom is 0.111 e. The quantitative estimate of drug-likeness (QED) is 0.569. The number of rotatable bonds is 6. The molecule has 0 atom stereocenters. The highest BCUT2D eigenvalue weighted by molar-refractivity contribution is 5.54. The van der Waals surface area contributed by atoms with Gasteiger partial charge in [0.2, 0.25) is 0 Å². The monoisotopic (exact) mass is 330 g/mol. The molecule has 3 aromatic heterocycles. The fraction of sp³-hybridized carbons (Fsp3) is 0.105. The first kappa shape index (κ1) is 15.1. The molecule has 25 heavy (non-hydrogen) atoms. The van der Waals surface area contributed by atoms with E-state index in [1.165, 1.54) is 5.56 Å². The predicted octanol–water partition coefficient (Wildman–Crippen LogP) is 3.33. The highest BCUT2D eigenvalue weighted by Crippen LogP contribution is 2.16. The van der Waals surface area contributed by atoms with Gasteiger partial charge in [-0.05, 0) is 35.9 Å². The molecule has 0 bridgehead atoms. The summed E-state index contributed by atoms with van der Waals surface area (Å²) in [6, 6.07) is 16.2. The van der Waals surface area contributed by atoms with Crippen LogP contribution >= 0.6 is 0 Å². The van der Waals surface area contributed by atoms with E-state index in [-0.39, 0.29) is 0 Å². The second-order valence-electron chi connectivity index (χ2n) is 5.78. The van der Waals surface area contributed by atoms with E-state index >= 15 is 0 Å². The first-order valence-electron chi connectivity index (χ1n) is 8.11. The van der Waals surface area contributed by atoms with Crippen molar-refractivity contribution in [1.82, 2.24) is 24.7 Å². The molecule has 6 nitrogen and oxygen atoms in total. The Hall–Kier alpha value is -3.41. The number of aromatic nitrogens is 5. The second kappa shape index (κ2) is 7.00. The zero-order valence-corrected chi connectivity index (χ0v) is 13.6. The van der Waals surface area contributed by atoms with Crippen LogP contribution in [0.3, 0.4) is 0 Å². The number of hydrogen-bond acceptors (Lipinski definition) is 4. The van der Waals surface area contributed by atoms with Crippen LogP contribution in [0.2, 0.25) is 0 Å². The molecule has 4 aromatic rings. The number of aromatic amines is 1. The third kappa shape index (κ3) is 3.74. The van der Waals surface area contributed by atoms with E-state index < -0.39 is 0 Å². The molecule has 0 radical (unpaired) electrons. The summed E-state index contributed by atoms with van der Waals surface area (Å²) >= 11 is 0. The lowest BCUT2D eigenvalue weighted by molar-refractivity contribution is 0.797. The van der Waals surface area contributed by atoms with Gasteiger partial charge in [0, 0.05) is 30.8 Å². The zero-order chi connectivity index (χ0) is 16.9. The molecular formula is C19H18N6. The Morgan fingerprint density at radius 3 is 2.68 bits per heavy atom. The van der Waals surface area contributed by atoms with Crippen molar-refractivity contribution in [1.29, 1.82) is 0 Å². The van der Waals surface area contributed by atoms with Gasteiger partial charge in [-0.25, -0.2) is 4.98 Å². The second-order valence-corrected chi connectivity index (χ2v) is 5.78. The average molecular weight is 330 g/mol. The van der Waals surface area contributed by atoms with Crippen LogP contribution in [0.5, 0.6) is 0 Å². The number of nitrogens with one attached hydrogen (secondary N) is 2. The Bertz CT molecular complexity index is 910. The van der Waals surface area contributed by atoms with Crippen LogP contribution in [0.15, 0.2) is 73.4 Å². The largest absolute Gasteiger partial charge is 0.379 e. The van der Waals surface area contributed by atoms with Gasteiger partial charge in [-0.3, -0.25) is 10.1 Å². The lowest BCUT2D eigenvalue weighted by Gasteiger charge is -2.07. The van der Waals surface area contributed by atoms with Gasteiger partial charge in [0.25, 0.3) is 0 Å². The van der Waals surface area contributed by atoms with Crippen LogP contribution in [0.25, 0.3) is 11.4 Å². The van der Waals surface area contributed by atoms with Crippen molar-refractivity contribution in [2.24, 2.45) is 0 Å². The topological polar surface area (TPSA) is 71.4 Å². The Balaban J connectivity index is 1.36. The van der Waals surface area contributed by atoms with Gasteiger partial charge < -0.3 is 9.88 Å². The Labute approximate surface area is 145 Å². The fourth-order valence-corrected chi connectivity index (χ4v) is 2.61. The fourth-order valence-electron chi connectivity index (χ4n) is 2.61. The normalized spacial score (nSPS) is 10.7. The molecule has 0 amide bonds. The van der Waals surface area contributed by atoms with E-state index in [1.54, 1.807) is 12.4 Å². The zero-order valence-electron chi connectivity index (χ0n) is 13.6. The van der Waals surface area contributed by atoms with Gasteiger partial charge in [-0.1, -0.05) is 18.2 Å². The van der Waals surface area contributed by atoms with Gasteiger partial charge >= 0.3 is 0 Å². The number of benzene rings is 1. The van der Waals surface area contributed by atoms with E-state index in [0.29, 0.717) is 6.54 Å². The molecule has 124 valence electrons. The minimum Gasteiger partial charge on any atom is -0.379 e. The highest BCUT2D eigenvalue weighted by Gasteiger charge is 2.04. The van der Waals surface area contributed by atoms with Crippen molar-refractivity contribution in [3.8, 4) is 11.4 Å². The summed E-state index contributed by atoms with van der Waals surface area (Å²) < 4.78 is 2.05. The summed E-state index contributed by atoms with van der Waals surface area (Å²) in [5.41, 5.74) is 5.05. The van der Waals surface area contributed by atoms with Crippen molar-refractivity contribution >= 4 is 5.69 Å². The molecule has 0 aliphatic rings. The van der Waals surface area contributed by atoms with Crippen molar-refractivity contribution < 1.29 is 0 Å². The first-order chi connectivity index (χ1) is 12.4. The van der Waals surface area contributed by atoms with Crippen LogP contribution in [0, 0.1) is 0 Å².